The van der Waals surface area contributed by atoms with E-state index in [9.17, 15) is 13.2 Å². The fourth-order valence-electron chi connectivity index (χ4n) is 2.78. The van der Waals surface area contributed by atoms with Gasteiger partial charge in [-0.2, -0.15) is 0 Å². The van der Waals surface area contributed by atoms with Gasteiger partial charge >= 0.3 is 0 Å². The number of benzene rings is 2. The molecule has 0 fully saturated rings. The topological polar surface area (TPSA) is 93.1 Å². The van der Waals surface area contributed by atoms with E-state index in [0.717, 1.165) is 23.3 Å². The van der Waals surface area contributed by atoms with Crippen molar-refractivity contribution in [3.05, 3.63) is 76.8 Å². The number of aromatic nitrogens is 2. The largest absolute Gasteiger partial charge is 0.348 e. The van der Waals surface area contributed by atoms with Crippen LogP contribution in [-0.4, -0.2) is 30.1 Å². The summed E-state index contributed by atoms with van der Waals surface area (Å²) in [5.74, 6) is 0.431. The lowest BCUT2D eigenvalue weighted by atomic mass is 10.1. The molecule has 1 heterocycles. The van der Waals surface area contributed by atoms with Gasteiger partial charge in [0, 0.05) is 24.6 Å². The molecular weight excluding hydrogens is 400 g/mol. The van der Waals surface area contributed by atoms with Crippen LogP contribution in [0.1, 0.15) is 21.7 Å². The highest BCUT2D eigenvalue weighted by Crippen LogP contribution is 2.22. The number of halogens is 1. The number of carbonyl (C=O) groups is 1. The molecule has 146 valence electrons. The molecule has 2 aromatic carbocycles. The van der Waals surface area contributed by atoms with Crippen LogP contribution in [0.3, 0.4) is 0 Å². The van der Waals surface area contributed by atoms with Crippen LogP contribution in [0.2, 0.25) is 5.02 Å². The second-order valence-corrected chi connectivity index (χ2v) is 8.38. The maximum atomic E-state index is 12.6. The molecule has 1 aromatic heterocycles. The van der Waals surface area contributed by atoms with Crippen molar-refractivity contribution in [3.8, 4) is 5.69 Å². The van der Waals surface area contributed by atoms with Gasteiger partial charge in [-0.3, -0.25) is 9.52 Å². The zero-order chi connectivity index (χ0) is 20.3. The van der Waals surface area contributed by atoms with Crippen LogP contribution in [-0.2, 0) is 16.6 Å². The Hall–Kier alpha value is -2.84. The van der Waals surface area contributed by atoms with Crippen molar-refractivity contribution in [1.82, 2.24) is 14.9 Å². The monoisotopic (exact) mass is 418 g/mol. The number of hydrogen-bond donors (Lipinski definition) is 2. The number of amides is 1. The number of aryl methyl sites for hydroxylation is 1. The highest BCUT2D eigenvalue weighted by Gasteiger charge is 2.14. The van der Waals surface area contributed by atoms with Gasteiger partial charge in [-0.1, -0.05) is 29.8 Å². The summed E-state index contributed by atoms with van der Waals surface area (Å²) in [7, 11) is -3.46. The Kier molecular flexibility index (Phi) is 5.71. The lowest BCUT2D eigenvalue weighted by Gasteiger charge is -2.13. The molecule has 9 heteroatoms. The molecule has 0 radical (unpaired) electrons. The Morgan fingerprint density at radius 2 is 1.96 bits per heavy atom. The first-order valence-electron chi connectivity index (χ1n) is 8.38. The van der Waals surface area contributed by atoms with Gasteiger partial charge in [0.15, 0.2) is 0 Å². The molecule has 0 aliphatic heterocycles. The van der Waals surface area contributed by atoms with Gasteiger partial charge in [0.05, 0.1) is 22.5 Å². The van der Waals surface area contributed by atoms with Crippen molar-refractivity contribution >= 4 is 33.2 Å². The molecule has 0 unspecified atom stereocenters. The van der Waals surface area contributed by atoms with Crippen molar-refractivity contribution in [2.24, 2.45) is 0 Å². The predicted octanol–water partition coefficient (Wildman–Crippen LogP) is 3.14. The number of sulfonamides is 1. The highest BCUT2D eigenvalue weighted by molar-refractivity contribution is 7.92. The molecule has 7 nitrogen and oxygen atoms in total. The van der Waals surface area contributed by atoms with Crippen LogP contribution < -0.4 is 10.0 Å². The van der Waals surface area contributed by atoms with Crippen molar-refractivity contribution in [3.63, 3.8) is 0 Å². The summed E-state index contributed by atoms with van der Waals surface area (Å²) in [5, 5.41) is 3.07. The van der Waals surface area contributed by atoms with Crippen LogP contribution in [0.15, 0.2) is 54.9 Å². The van der Waals surface area contributed by atoms with Crippen LogP contribution in [0.4, 0.5) is 5.69 Å². The van der Waals surface area contributed by atoms with E-state index in [1.165, 1.54) is 18.2 Å². The van der Waals surface area contributed by atoms with E-state index in [1.807, 2.05) is 42.0 Å². The quantitative estimate of drug-likeness (QED) is 0.643. The lowest BCUT2D eigenvalue weighted by Crippen LogP contribution is -2.24. The third-order valence-corrected chi connectivity index (χ3v) is 4.97. The minimum absolute atomic E-state index is 0.187. The minimum atomic E-state index is -3.46. The van der Waals surface area contributed by atoms with E-state index in [-0.39, 0.29) is 22.8 Å². The van der Waals surface area contributed by atoms with Crippen molar-refractivity contribution in [2.75, 3.05) is 11.0 Å². The summed E-state index contributed by atoms with van der Waals surface area (Å²) in [6.45, 7) is 2.17. The molecule has 0 saturated heterocycles. The Morgan fingerprint density at radius 3 is 2.64 bits per heavy atom. The van der Waals surface area contributed by atoms with Gasteiger partial charge < -0.3 is 9.88 Å². The molecule has 28 heavy (non-hydrogen) atoms. The molecule has 1 amide bonds. The number of imidazole rings is 1. The van der Waals surface area contributed by atoms with Gasteiger partial charge in [-0.25, -0.2) is 13.4 Å². The molecular formula is C19H19ClN4O3S. The van der Waals surface area contributed by atoms with Crippen LogP contribution >= 0.6 is 11.6 Å². The maximum Gasteiger partial charge on any atom is 0.253 e. The van der Waals surface area contributed by atoms with Gasteiger partial charge in [-0.05, 0) is 36.8 Å². The van der Waals surface area contributed by atoms with Crippen LogP contribution in [0.25, 0.3) is 5.69 Å². The number of nitrogens with one attached hydrogen (secondary N) is 2. The number of carbonyl (C=O) groups excluding carboxylic acids is 1. The van der Waals surface area contributed by atoms with Gasteiger partial charge in [0.1, 0.15) is 5.82 Å². The first-order chi connectivity index (χ1) is 13.2. The summed E-state index contributed by atoms with van der Waals surface area (Å²) in [6.07, 6.45) is 4.61. The Balaban J connectivity index is 1.81. The smallest absolute Gasteiger partial charge is 0.253 e. The van der Waals surface area contributed by atoms with Gasteiger partial charge in [0.25, 0.3) is 5.91 Å². The number of para-hydroxylation sites is 1. The highest BCUT2D eigenvalue weighted by atomic mass is 35.5. The molecule has 0 saturated carbocycles. The van der Waals surface area contributed by atoms with Crippen molar-refractivity contribution < 1.29 is 13.2 Å². The number of nitrogens with zero attached hydrogens (tertiary/aromatic N) is 2. The summed E-state index contributed by atoms with van der Waals surface area (Å²) in [5.41, 5.74) is 2.27. The molecule has 0 spiro atoms. The normalized spacial score (nSPS) is 11.2. The SMILES string of the molecule is Cc1nccn1-c1ccccc1CNC(=O)c1cc(NS(C)(=O)=O)ccc1Cl. The predicted molar refractivity (Wildman–Crippen MR) is 109 cm³/mol. The summed E-state index contributed by atoms with van der Waals surface area (Å²) >= 11 is 6.13. The third kappa shape index (κ3) is 4.71. The lowest BCUT2D eigenvalue weighted by molar-refractivity contribution is 0.0951. The number of anilines is 1. The molecule has 3 rings (SSSR count). The average molecular weight is 419 g/mol. The Morgan fingerprint density at radius 1 is 1.21 bits per heavy atom. The van der Waals surface area contributed by atoms with E-state index in [0.29, 0.717) is 0 Å². The summed E-state index contributed by atoms with van der Waals surface area (Å²) < 4.78 is 27.1. The third-order valence-electron chi connectivity index (χ3n) is 4.03. The minimum Gasteiger partial charge on any atom is -0.348 e. The van der Waals surface area contributed by atoms with Gasteiger partial charge in [0.2, 0.25) is 10.0 Å². The van der Waals surface area contributed by atoms with Crippen molar-refractivity contribution in [1.29, 1.82) is 0 Å². The molecule has 0 atom stereocenters. The van der Waals surface area contributed by atoms with Gasteiger partial charge in [-0.15, -0.1) is 0 Å². The second kappa shape index (κ2) is 8.04. The van der Waals surface area contributed by atoms with E-state index in [1.54, 1.807) is 6.20 Å². The first kappa shape index (κ1) is 19.9. The Bertz CT molecular complexity index is 1130. The fourth-order valence-corrected chi connectivity index (χ4v) is 3.53. The molecule has 2 N–H and O–H groups in total. The average Bonchev–Trinajstić information content (AvgIpc) is 3.06. The van der Waals surface area contributed by atoms with Crippen LogP contribution in [0.5, 0.6) is 0 Å². The molecule has 0 bridgehead atoms. The summed E-state index contributed by atoms with van der Waals surface area (Å²) in [4.78, 5) is 16.9. The van der Waals surface area contributed by atoms with E-state index >= 15 is 0 Å². The summed E-state index contributed by atoms with van der Waals surface area (Å²) in [6, 6.07) is 12.0. The van der Waals surface area contributed by atoms with Crippen molar-refractivity contribution in [2.45, 2.75) is 13.5 Å². The Labute approximate surface area is 168 Å². The maximum absolute atomic E-state index is 12.6. The zero-order valence-electron chi connectivity index (χ0n) is 15.3. The molecule has 0 aliphatic rings. The number of hydrogen-bond acceptors (Lipinski definition) is 4. The fraction of sp³-hybridized carbons (Fsp3) is 0.158. The molecule has 3 aromatic rings. The van der Waals surface area contributed by atoms with E-state index < -0.39 is 15.9 Å². The van der Waals surface area contributed by atoms with E-state index in [4.69, 9.17) is 11.6 Å². The van der Waals surface area contributed by atoms with Crippen LogP contribution in [0, 0.1) is 6.92 Å². The molecule has 0 aliphatic carbocycles. The zero-order valence-corrected chi connectivity index (χ0v) is 16.9. The van der Waals surface area contributed by atoms with E-state index in [2.05, 4.69) is 15.0 Å². The first-order valence-corrected chi connectivity index (χ1v) is 10.7. The second-order valence-electron chi connectivity index (χ2n) is 6.22. The number of rotatable bonds is 6. The standard InChI is InChI=1S/C19H19ClN4O3S/c1-13-21-9-10-24(13)18-6-4-3-5-14(18)12-22-19(25)16-11-15(7-8-17(16)20)23-28(2,26)27/h3-11,23H,12H2,1-2H3,(H,22,25).